The number of anilines is 1. The third-order valence-corrected chi connectivity index (χ3v) is 5.16. The van der Waals surface area contributed by atoms with Crippen LogP contribution >= 0.6 is 27.7 Å². The minimum atomic E-state index is -0.650. The van der Waals surface area contributed by atoms with Crippen molar-refractivity contribution in [3.8, 4) is 0 Å². The van der Waals surface area contributed by atoms with Crippen LogP contribution < -0.4 is 4.90 Å². The van der Waals surface area contributed by atoms with E-state index in [1.165, 1.54) is 26.0 Å². The molecule has 0 radical (unpaired) electrons. The maximum Gasteiger partial charge on any atom is 0.355 e. The lowest BCUT2D eigenvalue weighted by atomic mass is 10.1. The first-order chi connectivity index (χ1) is 13.5. The fourth-order valence-corrected chi connectivity index (χ4v) is 3.59. The Labute approximate surface area is 174 Å². The van der Waals surface area contributed by atoms with Crippen molar-refractivity contribution in [1.29, 1.82) is 0 Å². The van der Waals surface area contributed by atoms with Gasteiger partial charge in [-0.05, 0) is 39.8 Å². The molecule has 146 valence electrons. The van der Waals surface area contributed by atoms with Gasteiger partial charge in [0.15, 0.2) is 5.16 Å². The third kappa shape index (κ3) is 4.34. The standard InChI is InChI=1S/C18H16BrN3O5S/c1-25-16(23)12-9-27-10-22(15(12)17(24)26-2)13-5-3-4-6-14(13)28-18-20-7-11(19)8-21-18/h3-8H,9-10H2,1-2H3. The average Bonchev–Trinajstić information content (AvgIpc) is 2.74. The van der Waals surface area contributed by atoms with Crippen LogP contribution in [0.3, 0.4) is 0 Å². The number of nitrogens with zero attached hydrogens (tertiary/aromatic N) is 3. The number of hydrogen-bond donors (Lipinski definition) is 0. The van der Waals surface area contributed by atoms with E-state index in [1.54, 1.807) is 17.3 Å². The van der Waals surface area contributed by atoms with E-state index in [2.05, 4.69) is 25.9 Å². The Morgan fingerprint density at radius 3 is 2.50 bits per heavy atom. The number of aromatic nitrogens is 2. The van der Waals surface area contributed by atoms with Crippen LogP contribution in [0.2, 0.25) is 0 Å². The smallest absolute Gasteiger partial charge is 0.355 e. The molecule has 10 heteroatoms. The van der Waals surface area contributed by atoms with E-state index in [-0.39, 0.29) is 24.6 Å². The van der Waals surface area contributed by atoms with Crippen molar-refractivity contribution in [2.75, 3.05) is 32.5 Å². The molecule has 0 saturated heterocycles. The zero-order valence-electron chi connectivity index (χ0n) is 15.0. The Bertz CT molecular complexity index is 920. The molecule has 0 fully saturated rings. The molecular weight excluding hydrogens is 450 g/mol. The Morgan fingerprint density at radius 2 is 1.82 bits per heavy atom. The van der Waals surface area contributed by atoms with Gasteiger partial charge in [-0.15, -0.1) is 0 Å². The van der Waals surface area contributed by atoms with Crippen LogP contribution in [0.25, 0.3) is 0 Å². The highest BCUT2D eigenvalue weighted by atomic mass is 79.9. The van der Waals surface area contributed by atoms with Crippen LogP contribution in [0, 0.1) is 0 Å². The number of rotatable bonds is 5. The van der Waals surface area contributed by atoms with E-state index >= 15 is 0 Å². The Morgan fingerprint density at radius 1 is 1.14 bits per heavy atom. The van der Waals surface area contributed by atoms with Crippen LogP contribution in [0.4, 0.5) is 5.69 Å². The average molecular weight is 466 g/mol. The Balaban J connectivity index is 2.05. The van der Waals surface area contributed by atoms with E-state index in [9.17, 15) is 9.59 Å². The fraction of sp³-hybridized carbons (Fsp3) is 0.222. The second-order valence-corrected chi connectivity index (χ2v) is 7.39. The van der Waals surface area contributed by atoms with E-state index in [0.717, 1.165) is 9.37 Å². The zero-order valence-corrected chi connectivity index (χ0v) is 17.4. The van der Waals surface area contributed by atoms with Gasteiger partial charge >= 0.3 is 11.9 Å². The van der Waals surface area contributed by atoms with E-state index in [1.807, 2.05) is 24.3 Å². The van der Waals surface area contributed by atoms with E-state index in [4.69, 9.17) is 14.2 Å². The molecule has 0 saturated carbocycles. The summed E-state index contributed by atoms with van der Waals surface area (Å²) in [5, 5.41) is 0.533. The van der Waals surface area contributed by atoms with Gasteiger partial charge < -0.3 is 19.1 Å². The summed E-state index contributed by atoms with van der Waals surface area (Å²) in [6.07, 6.45) is 3.30. The van der Waals surface area contributed by atoms with Gasteiger partial charge in [0, 0.05) is 17.3 Å². The van der Waals surface area contributed by atoms with E-state index in [0.29, 0.717) is 10.8 Å². The van der Waals surface area contributed by atoms with Gasteiger partial charge in [-0.1, -0.05) is 12.1 Å². The van der Waals surface area contributed by atoms with Crippen molar-refractivity contribution in [3.05, 3.63) is 52.4 Å². The summed E-state index contributed by atoms with van der Waals surface area (Å²) in [6.45, 7) is 0.0302. The lowest BCUT2D eigenvalue weighted by Crippen LogP contribution is -2.39. The molecule has 2 aromatic rings. The molecule has 3 rings (SSSR count). The summed E-state index contributed by atoms with van der Waals surface area (Å²) in [5.41, 5.74) is 0.839. The molecule has 0 N–H and O–H groups in total. The summed E-state index contributed by atoms with van der Waals surface area (Å²) in [7, 11) is 2.51. The fourth-order valence-electron chi connectivity index (χ4n) is 2.55. The molecule has 1 aromatic heterocycles. The van der Waals surface area contributed by atoms with Crippen molar-refractivity contribution in [3.63, 3.8) is 0 Å². The highest BCUT2D eigenvalue weighted by Gasteiger charge is 2.33. The second kappa shape index (κ2) is 9.18. The monoisotopic (exact) mass is 465 g/mol. The molecule has 0 unspecified atom stereocenters. The topological polar surface area (TPSA) is 90.9 Å². The molecule has 1 aromatic carbocycles. The predicted molar refractivity (Wildman–Crippen MR) is 105 cm³/mol. The number of methoxy groups -OCH3 is 2. The normalized spacial score (nSPS) is 14.0. The number of carbonyl (C=O) groups is 2. The lowest BCUT2D eigenvalue weighted by Gasteiger charge is -2.32. The first kappa shape index (κ1) is 20.3. The first-order valence-corrected chi connectivity index (χ1v) is 9.65. The third-order valence-electron chi connectivity index (χ3n) is 3.79. The number of esters is 2. The van der Waals surface area contributed by atoms with Gasteiger partial charge in [-0.2, -0.15) is 0 Å². The van der Waals surface area contributed by atoms with Crippen molar-refractivity contribution < 1.29 is 23.8 Å². The quantitative estimate of drug-likeness (QED) is 0.487. The van der Waals surface area contributed by atoms with Gasteiger partial charge in [-0.3, -0.25) is 0 Å². The molecule has 0 aliphatic carbocycles. The van der Waals surface area contributed by atoms with Crippen LogP contribution in [-0.2, 0) is 23.8 Å². The molecule has 28 heavy (non-hydrogen) atoms. The van der Waals surface area contributed by atoms with E-state index < -0.39 is 11.9 Å². The molecule has 0 amide bonds. The Kier molecular flexibility index (Phi) is 6.65. The number of para-hydroxylation sites is 1. The molecule has 1 aliphatic rings. The number of hydrogen-bond acceptors (Lipinski definition) is 9. The van der Waals surface area contributed by atoms with Gasteiger partial charge in [0.1, 0.15) is 12.4 Å². The second-order valence-electron chi connectivity index (χ2n) is 5.47. The zero-order chi connectivity index (χ0) is 20.1. The van der Waals surface area contributed by atoms with Crippen LogP contribution in [-0.4, -0.2) is 49.5 Å². The van der Waals surface area contributed by atoms with Crippen molar-refractivity contribution >= 4 is 45.3 Å². The van der Waals surface area contributed by atoms with Crippen LogP contribution in [0.5, 0.6) is 0 Å². The molecule has 8 nitrogen and oxygen atoms in total. The number of benzene rings is 1. The minimum Gasteiger partial charge on any atom is -0.466 e. The predicted octanol–water partition coefficient (Wildman–Crippen LogP) is 2.78. The number of carbonyl (C=O) groups excluding carboxylic acids is 2. The Hall–Kier alpha value is -2.43. The molecule has 2 heterocycles. The summed E-state index contributed by atoms with van der Waals surface area (Å²) in [5.74, 6) is -1.30. The highest BCUT2D eigenvalue weighted by molar-refractivity contribution is 9.10. The maximum absolute atomic E-state index is 12.5. The van der Waals surface area contributed by atoms with Gasteiger partial charge in [-0.25, -0.2) is 19.6 Å². The van der Waals surface area contributed by atoms with Crippen LogP contribution in [0.1, 0.15) is 0 Å². The minimum absolute atomic E-state index is 0.0429. The largest absolute Gasteiger partial charge is 0.466 e. The van der Waals surface area contributed by atoms with Crippen molar-refractivity contribution in [2.45, 2.75) is 10.1 Å². The molecule has 1 aliphatic heterocycles. The molecule has 0 spiro atoms. The lowest BCUT2D eigenvalue weighted by molar-refractivity contribution is -0.140. The maximum atomic E-state index is 12.5. The number of halogens is 1. The summed E-state index contributed by atoms with van der Waals surface area (Å²) in [4.78, 5) is 35.5. The molecular formula is C18H16BrN3O5S. The summed E-state index contributed by atoms with van der Waals surface area (Å²) >= 11 is 4.63. The first-order valence-electron chi connectivity index (χ1n) is 8.04. The van der Waals surface area contributed by atoms with Gasteiger partial charge in [0.2, 0.25) is 0 Å². The molecule has 0 bridgehead atoms. The van der Waals surface area contributed by atoms with Crippen LogP contribution in [0.15, 0.2) is 62.5 Å². The highest BCUT2D eigenvalue weighted by Crippen LogP contribution is 2.37. The summed E-state index contributed by atoms with van der Waals surface area (Å²) < 4.78 is 16.0. The summed E-state index contributed by atoms with van der Waals surface area (Å²) in [6, 6.07) is 7.36. The molecule has 0 atom stereocenters. The number of ether oxygens (including phenoxy) is 3. The van der Waals surface area contributed by atoms with Gasteiger partial charge in [0.25, 0.3) is 0 Å². The van der Waals surface area contributed by atoms with Crippen molar-refractivity contribution in [1.82, 2.24) is 9.97 Å². The SMILES string of the molecule is COC(=O)C1=C(C(=O)OC)N(c2ccccc2Sc2ncc(Br)cn2)COC1. The van der Waals surface area contributed by atoms with Crippen molar-refractivity contribution in [2.24, 2.45) is 0 Å². The van der Waals surface area contributed by atoms with Gasteiger partial charge in [0.05, 0.1) is 36.6 Å².